The summed E-state index contributed by atoms with van der Waals surface area (Å²) >= 11 is 0. The van der Waals surface area contributed by atoms with Crippen LogP contribution in [0.1, 0.15) is 37.3 Å². The van der Waals surface area contributed by atoms with Crippen LogP contribution in [0.3, 0.4) is 0 Å². The minimum atomic E-state index is 0. The molecule has 0 spiro atoms. The minimum Gasteiger partial charge on any atom is -0.497 e. The molecule has 2 N–H and O–H groups in total. The maximum Gasteiger partial charge on any atom is 0.227 e. The molecule has 0 aliphatic carbocycles. The summed E-state index contributed by atoms with van der Waals surface area (Å²) in [6, 6.07) is 16.4. The van der Waals surface area contributed by atoms with Gasteiger partial charge in [-0.1, -0.05) is 24.3 Å². The lowest BCUT2D eigenvalue weighted by Crippen LogP contribution is -2.37. The molecule has 1 amide bonds. The van der Waals surface area contributed by atoms with Gasteiger partial charge in [-0.3, -0.25) is 4.79 Å². The van der Waals surface area contributed by atoms with E-state index in [1.54, 1.807) is 7.11 Å². The highest BCUT2D eigenvalue weighted by Crippen LogP contribution is 2.21. The van der Waals surface area contributed by atoms with Crippen LogP contribution in [-0.2, 0) is 17.8 Å². The number of carbonyl (C=O) groups excluding carboxylic acids is 1. The second kappa shape index (κ2) is 13.2. The summed E-state index contributed by atoms with van der Waals surface area (Å²) in [5.74, 6) is 1.93. The lowest BCUT2D eigenvalue weighted by molar-refractivity contribution is -0.117. The van der Waals surface area contributed by atoms with E-state index in [4.69, 9.17) is 9.73 Å². The average molecular weight is 536 g/mol. The van der Waals surface area contributed by atoms with Gasteiger partial charge in [0.1, 0.15) is 5.75 Å². The molecule has 0 atom stereocenters. The Labute approximate surface area is 202 Å². The summed E-state index contributed by atoms with van der Waals surface area (Å²) in [5.41, 5.74) is 3.41. The summed E-state index contributed by atoms with van der Waals surface area (Å²) in [5, 5.41) is 6.70. The topological polar surface area (TPSA) is 66.0 Å². The monoisotopic (exact) mass is 536 g/mol. The molecule has 1 heterocycles. The molecule has 0 saturated carbocycles. The number of carbonyl (C=O) groups is 1. The Morgan fingerprint density at radius 2 is 1.77 bits per heavy atom. The Bertz CT molecular complexity index is 838. The van der Waals surface area contributed by atoms with Crippen molar-refractivity contribution in [1.82, 2.24) is 10.6 Å². The molecule has 31 heavy (non-hydrogen) atoms. The van der Waals surface area contributed by atoms with Crippen LogP contribution in [0, 0.1) is 0 Å². The van der Waals surface area contributed by atoms with Crippen LogP contribution in [0.25, 0.3) is 0 Å². The van der Waals surface area contributed by atoms with E-state index in [9.17, 15) is 4.79 Å². The number of guanidine groups is 1. The molecular formula is C24H33IN4O2. The summed E-state index contributed by atoms with van der Waals surface area (Å²) < 4.78 is 5.20. The molecule has 1 saturated heterocycles. The maximum atomic E-state index is 11.9. The molecule has 2 aromatic rings. The molecule has 3 rings (SSSR count). The van der Waals surface area contributed by atoms with Gasteiger partial charge in [-0.05, 0) is 61.6 Å². The number of nitrogens with zero attached hydrogens (tertiary/aromatic N) is 2. The number of methoxy groups -OCH3 is 1. The smallest absolute Gasteiger partial charge is 0.227 e. The number of hydrogen-bond acceptors (Lipinski definition) is 3. The number of nitrogens with one attached hydrogen (secondary N) is 2. The molecule has 7 heteroatoms. The Kier molecular flexibility index (Phi) is 10.6. The van der Waals surface area contributed by atoms with Gasteiger partial charge < -0.3 is 20.3 Å². The second-order valence-corrected chi connectivity index (χ2v) is 7.39. The second-order valence-electron chi connectivity index (χ2n) is 7.39. The molecule has 0 aromatic heterocycles. The normalized spacial score (nSPS) is 13.7. The first-order valence-corrected chi connectivity index (χ1v) is 10.7. The molecule has 1 aliphatic rings. The zero-order valence-electron chi connectivity index (χ0n) is 18.4. The third-order valence-electron chi connectivity index (χ3n) is 5.18. The van der Waals surface area contributed by atoms with Crippen LogP contribution in [0.15, 0.2) is 53.5 Å². The molecule has 1 aliphatic heterocycles. The summed E-state index contributed by atoms with van der Waals surface area (Å²) in [7, 11) is 1.68. The number of aryl methyl sites for hydroxylation is 1. The maximum absolute atomic E-state index is 11.9. The largest absolute Gasteiger partial charge is 0.497 e. The third-order valence-corrected chi connectivity index (χ3v) is 5.18. The molecule has 168 valence electrons. The quantitative estimate of drug-likeness (QED) is 0.219. The zero-order chi connectivity index (χ0) is 21.2. The number of amides is 1. The van der Waals surface area contributed by atoms with E-state index in [0.29, 0.717) is 13.0 Å². The summed E-state index contributed by atoms with van der Waals surface area (Å²) in [6.07, 6.45) is 3.63. The summed E-state index contributed by atoms with van der Waals surface area (Å²) in [4.78, 5) is 18.4. The number of aliphatic imine (C=N–C) groups is 1. The summed E-state index contributed by atoms with van der Waals surface area (Å²) in [6.45, 7) is 5.16. The highest BCUT2D eigenvalue weighted by atomic mass is 127. The number of anilines is 1. The highest BCUT2D eigenvalue weighted by Gasteiger charge is 2.21. The van der Waals surface area contributed by atoms with Gasteiger partial charge in [-0.25, -0.2) is 4.99 Å². The van der Waals surface area contributed by atoms with Crippen LogP contribution in [-0.4, -0.2) is 38.6 Å². The Hall–Kier alpha value is -2.29. The van der Waals surface area contributed by atoms with Gasteiger partial charge in [0.05, 0.1) is 13.7 Å². The molecular weight excluding hydrogens is 503 g/mol. The van der Waals surface area contributed by atoms with E-state index in [0.717, 1.165) is 61.9 Å². The number of benzene rings is 2. The van der Waals surface area contributed by atoms with Crippen LogP contribution in [0.2, 0.25) is 0 Å². The van der Waals surface area contributed by atoms with Crippen molar-refractivity contribution in [3.05, 3.63) is 59.7 Å². The Morgan fingerprint density at radius 3 is 2.39 bits per heavy atom. The minimum absolute atomic E-state index is 0. The number of halogens is 1. The zero-order valence-corrected chi connectivity index (χ0v) is 20.7. The number of ether oxygens (including phenoxy) is 1. The predicted molar refractivity (Wildman–Crippen MR) is 138 cm³/mol. The van der Waals surface area contributed by atoms with Gasteiger partial charge in [-0.2, -0.15) is 0 Å². The first kappa shape index (κ1) is 25.0. The van der Waals surface area contributed by atoms with E-state index in [-0.39, 0.29) is 29.9 Å². The average Bonchev–Trinajstić information content (AvgIpc) is 3.21. The van der Waals surface area contributed by atoms with Crippen molar-refractivity contribution >= 4 is 41.5 Å². The first-order chi connectivity index (χ1) is 14.7. The van der Waals surface area contributed by atoms with Crippen molar-refractivity contribution in [3.63, 3.8) is 0 Å². The van der Waals surface area contributed by atoms with E-state index >= 15 is 0 Å². The third kappa shape index (κ3) is 7.72. The lowest BCUT2D eigenvalue weighted by Gasteiger charge is -2.16. The van der Waals surface area contributed by atoms with Crippen molar-refractivity contribution < 1.29 is 9.53 Å². The molecule has 1 fully saturated rings. The van der Waals surface area contributed by atoms with E-state index < -0.39 is 0 Å². The number of hydrogen-bond donors (Lipinski definition) is 2. The molecule has 0 unspecified atom stereocenters. The van der Waals surface area contributed by atoms with E-state index in [1.807, 2.05) is 29.2 Å². The van der Waals surface area contributed by atoms with Crippen LogP contribution < -0.4 is 20.3 Å². The van der Waals surface area contributed by atoms with Crippen molar-refractivity contribution in [3.8, 4) is 5.75 Å². The van der Waals surface area contributed by atoms with Crippen molar-refractivity contribution in [1.29, 1.82) is 0 Å². The fraction of sp³-hybridized carbons (Fsp3) is 0.417. The lowest BCUT2D eigenvalue weighted by atomic mass is 10.1. The Balaban J connectivity index is 0.00000341. The molecule has 0 radical (unpaired) electrons. The van der Waals surface area contributed by atoms with Gasteiger partial charge in [0.25, 0.3) is 0 Å². The molecule has 6 nitrogen and oxygen atoms in total. The SMILES string of the molecule is CCNC(=NCc1ccc(N2CCCC2=O)cc1)NCCCc1ccc(OC)cc1.I. The van der Waals surface area contributed by atoms with E-state index in [1.165, 1.54) is 5.56 Å². The Morgan fingerprint density at radius 1 is 1.06 bits per heavy atom. The fourth-order valence-corrected chi connectivity index (χ4v) is 3.51. The van der Waals surface area contributed by atoms with Crippen molar-refractivity contribution in [2.75, 3.05) is 31.6 Å². The van der Waals surface area contributed by atoms with Crippen molar-refractivity contribution in [2.24, 2.45) is 4.99 Å². The standard InChI is InChI=1S/C24H32N4O2.HI/c1-3-25-24(26-16-4-6-19-10-14-22(30-2)15-11-19)27-18-20-8-12-21(13-9-20)28-17-5-7-23(28)29;/h8-15H,3-7,16-18H2,1-2H3,(H2,25,26,27);1H. The van der Waals surface area contributed by atoms with Gasteiger partial charge in [0.2, 0.25) is 5.91 Å². The highest BCUT2D eigenvalue weighted by molar-refractivity contribution is 14.0. The predicted octanol–water partition coefficient (Wildman–Crippen LogP) is 4.13. The first-order valence-electron chi connectivity index (χ1n) is 10.7. The fourth-order valence-electron chi connectivity index (χ4n) is 3.51. The van der Waals surface area contributed by atoms with Crippen LogP contribution >= 0.6 is 24.0 Å². The van der Waals surface area contributed by atoms with Crippen molar-refractivity contribution in [2.45, 2.75) is 39.2 Å². The molecule has 0 bridgehead atoms. The van der Waals surface area contributed by atoms with Crippen LogP contribution in [0.4, 0.5) is 5.69 Å². The van der Waals surface area contributed by atoms with Gasteiger partial charge in [-0.15, -0.1) is 24.0 Å². The van der Waals surface area contributed by atoms with Gasteiger partial charge >= 0.3 is 0 Å². The van der Waals surface area contributed by atoms with Gasteiger partial charge in [0, 0.05) is 31.7 Å². The van der Waals surface area contributed by atoms with Crippen LogP contribution in [0.5, 0.6) is 5.75 Å². The van der Waals surface area contributed by atoms with E-state index in [2.05, 4.69) is 41.8 Å². The molecule has 2 aromatic carbocycles. The number of rotatable bonds is 9. The van der Waals surface area contributed by atoms with Gasteiger partial charge in [0.15, 0.2) is 5.96 Å².